The van der Waals surface area contributed by atoms with Gasteiger partial charge >= 0.3 is 0 Å². The molecule has 0 spiro atoms. The van der Waals surface area contributed by atoms with Crippen molar-refractivity contribution in [1.82, 2.24) is 19.7 Å². The van der Waals surface area contributed by atoms with Crippen molar-refractivity contribution in [2.45, 2.75) is 62.8 Å². The molecular weight excluding hydrogens is 641 g/mol. The summed E-state index contributed by atoms with van der Waals surface area (Å²) in [5.74, 6) is -0.907. The molecule has 6 rings (SSSR count). The number of nitriles is 1. The maximum atomic E-state index is 15.3. The Morgan fingerprint density at radius 3 is 2.33 bits per heavy atom. The van der Waals surface area contributed by atoms with Gasteiger partial charge in [0.25, 0.3) is 15.9 Å². The lowest BCUT2D eigenvalue weighted by Gasteiger charge is -2.43. The Morgan fingerprint density at radius 2 is 1.69 bits per heavy atom. The molecule has 3 aromatic rings. The molecule has 3 aliphatic rings. The van der Waals surface area contributed by atoms with Crippen molar-refractivity contribution < 1.29 is 22.7 Å². The van der Waals surface area contributed by atoms with Gasteiger partial charge in [0.1, 0.15) is 5.41 Å². The summed E-state index contributed by atoms with van der Waals surface area (Å²) in [6, 6.07) is 16.8. The highest BCUT2D eigenvalue weighted by molar-refractivity contribution is 7.93. The van der Waals surface area contributed by atoms with Crippen LogP contribution in [0.1, 0.15) is 62.3 Å². The molecule has 0 radical (unpaired) electrons. The van der Waals surface area contributed by atoms with Crippen LogP contribution in [0, 0.1) is 11.3 Å². The summed E-state index contributed by atoms with van der Waals surface area (Å²) in [4.78, 5) is 41.0. The normalized spacial score (nSPS) is 20.7. The van der Waals surface area contributed by atoms with E-state index >= 15 is 4.79 Å². The van der Waals surface area contributed by atoms with Crippen molar-refractivity contribution in [3.8, 4) is 11.9 Å². The van der Waals surface area contributed by atoms with Crippen molar-refractivity contribution in [2.24, 2.45) is 0 Å². The van der Waals surface area contributed by atoms with Crippen LogP contribution < -0.4 is 9.04 Å². The number of amides is 2. The van der Waals surface area contributed by atoms with E-state index < -0.39 is 21.3 Å². The van der Waals surface area contributed by atoms with E-state index in [0.29, 0.717) is 47.8 Å². The summed E-state index contributed by atoms with van der Waals surface area (Å²) >= 11 is 0. The zero-order valence-electron chi connectivity index (χ0n) is 28.5. The van der Waals surface area contributed by atoms with E-state index in [1.165, 1.54) is 18.2 Å². The summed E-state index contributed by atoms with van der Waals surface area (Å²) in [5.41, 5.74) is -0.216. The van der Waals surface area contributed by atoms with Crippen LogP contribution in [0.5, 0.6) is 5.88 Å². The van der Waals surface area contributed by atoms with Gasteiger partial charge in [-0.1, -0.05) is 38.1 Å². The second-order valence-corrected chi connectivity index (χ2v) is 14.6. The van der Waals surface area contributed by atoms with Gasteiger partial charge in [-0.15, -0.1) is 0 Å². The lowest BCUT2D eigenvalue weighted by molar-refractivity contribution is -0.136. The van der Waals surface area contributed by atoms with E-state index in [4.69, 9.17) is 4.74 Å². The molecule has 1 unspecified atom stereocenters. The van der Waals surface area contributed by atoms with E-state index in [1.807, 2.05) is 6.92 Å². The van der Waals surface area contributed by atoms with Crippen LogP contribution in [-0.2, 0) is 31.4 Å². The van der Waals surface area contributed by atoms with Crippen molar-refractivity contribution >= 4 is 27.5 Å². The standard InChI is InChI=1S/C37H44N6O5S/c1-4-30-27(26-38)14-15-32-34(30)37(31-13-10-18-39-35(31)48-6-3,36(45)43(32)49(46,47)29-11-8-7-9-12-29)25-33(44)42-19-16-28(17-20-42)41-23-21-40(5-2)22-24-41/h7-15,18,28H,4-6,16-17,19-25H2,1-3H3. The van der Waals surface area contributed by atoms with Crippen LogP contribution in [0.25, 0.3) is 0 Å². The number of fused-ring (bicyclic) bond motifs is 1. The number of piperidine rings is 1. The quantitative estimate of drug-likeness (QED) is 0.312. The predicted molar refractivity (Wildman–Crippen MR) is 186 cm³/mol. The Labute approximate surface area is 289 Å². The average molecular weight is 685 g/mol. The predicted octanol–water partition coefficient (Wildman–Crippen LogP) is 3.95. The fourth-order valence-electron chi connectivity index (χ4n) is 7.82. The summed E-state index contributed by atoms with van der Waals surface area (Å²) in [6.45, 7) is 12.3. The number of likely N-dealkylation sites (N-methyl/N-ethyl adjacent to an activating group) is 1. The lowest BCUT2D eigenvalue weighted by atomic mass is 9.70. The molecule has 2 fully saturated rings. The second-order valence-electron chi connectivity index (χ2n) is 12.8. The first-order valence-corrected chi connectivity index (χ1v) is 18.7. The van der Waals surface area contributed by atoms with Gasteiger partial charge in [-0.3, -0.25) is 14.5 Å². The Kier molecular flexibility index (Phi) is 10.1. The smallest absolute Gasteiger partial charge is 0.270 e. The van der Waals surface area contributed by atoms with Gasteiger partial charge < -0.3 is 14.5 Å². The van der Waals surface area contributed by atoms with E-state index in [1.54, 1.807) is 54.4 Å². The third-order valence-corrected chi connectivity index (χ3v) is 12.1. The van der Waals surface area contributed by atoms with Crippen LogP contribution in [0.15, 0.2) is 65.7 Å². The SMILES string of the molecule is CCOc1ncccc1C1(CC(=O)N2CCC(N3CCN(CC)CC3)CC2)C(=O)N(S(=O)(=O)c2ccccc2)c2ccc(C#N)c(CC)c21. The highest BCUT2D eigenvalue weighted by Crippen LogP contribution is 2.54. The Hall–Kier alpha value is -4.31. The fourth-order valence-corrected chi connectivity index (χ4v) is 9.32. The minimum absolute atomic E-state index is 0.0584. The molecule has 49 heavy (non-hydrogen) atoms. The number of pyridine rings is 1. The molecule has 0 bridgehead atoms. The van der Waals surface area contributed by atoms with Gasteiger partial charge in [-0.2, -0.15) is 5.26 Å². The van der Waals surface area contributed by atoms with E-state index in [9.17, 15) is 18.5 Å². The van der Waals surface area contributed by atoms with Gasteiger partial charge in [0, 0.05) is 69.1 Å². The third-order valence-electron chi connectivity index (χ3n) is 10.4. The molecule has 1 aromatic heterocycles. The average Bonchev–Trinajstić information content (AvgIpc) is 3.40. The third kappa shape index (κ3) is 6.09. The number of sulfonamides is 1. The number of carbonyl (C=O) groups excluding carboxylic acids is 2. The molecule has 2 amide bonds. The van der Waals surface area contributed by atoms with Crippen LogP contribution in [0.3, 0.4) is 0 Å². The number of likely N-dealkylation sites (tertiary alicyclic amines) is 1. The Balaban J connectivity index is 1.45. The zero-order valence-corrected chi connectivity index (χ0v) is 29.3. The van der Waals surface area contributed by atoms with Crippen molar-refractivity contribution in [3.05, 3.63) is 83.0 Å². The molecule has 12 heteroatoms. The minimum Gasteiger partial charge on any atom is -0.478 e. The molecule has 4 heterocycles. The van der Waals surface area contributed by atoms with E-state index in [0.717, 1.165) is 49.9 Å². The van der Waals surface area contributed by atoms with Crippen molar-refractivity contribution in [1.29, 1.82) is 5.26 Å². The monoisotopic (exact) mass is 684 g/mol. The fraction of sp³-hybridized carbons (Fsp3) is 0.459. The number of piperazine rings is 1. The highest BCUT2D eigenvalue weighted by atomic mass is 32.2. The number of hydrogen-bond acceptors (Lipinski definition) is 9. The number of aromatic nitrogens is 1. The van der Waals surface area contributed by atoms with Crippen LogP contribution >= 0.6 is 0 Å². The van der Waals surface area contributed by atoms with Crippen LogP contribution in [-0.4, -0.2) is 98.4 Å². The number of nitrogens with zero attached hydrogens (tertiary/aromatic N) is 6. The number of rotatable bonds is 10. The van der Waals surface area contributed by atoms with Crippen LogP contribution in [0.2, 0.25) is 0 Å². The highest BCUT2D eigenvalue weighted by Gasteiger charge is 2.59. The van der Waals surface area contributed by atoms with Gasteiger partial charge in [0.2, 0.25) is 11.8 Å². The molecule has 0 aliphatic carbocycles. The second kappa shape index (κ2) is 14.3. The number of carbonyl (C=O) groups is 2. The molecule has 11 nitrogen and oxygen atoms in total. The maximum absolute atomic E-state index is 15.3. The summed E-state index contributed by atoms with van der Waals surface area (Å²) < 4.78 is 35.6. The molecule has 3 aliphatic heterocycles. The van der Waals surface area contributed by atoms with Crippen molar-refractivity contribution in [2.75, 3.05) is 56.7 Å². The van der Waals surface area contributed by atoms with E-state index in [-0.39, 0.29) is 35.4 Å². The first kappa shape index (κ1) is 34.5. The molecular formula is C37H44N6O5S. The summed E-state index contributed by atoms with van der Waals surface area (Å²) in [7, 11) is -4.43. The van der Waals surface area contributed by atoms with Crippen LogP contribution in [0.4, 0.5) is 5.69 Å². The first-order chi connectivity index (χ1) is 23.7. The summed E-state index contributed by atoms with van der Waals surface area (Å²) in [5, 5.41) is 10.2. The number of anilines is 1. The molecule has 258 valence electrons. The summed E-state index contributed by atoms with van der Waals surface area (Å²) in [6.07, 6.45) is 3.17. The lowest BCUT2D eigenvalue weighted by Crippen LogP contribution is -2.54. The van der Waals surface area contributed by atoms with Gasteiger partial charge in [0.15, 0.2) is 0 Å². The van der Waals surface area contributed by atoms with E-state index in [2.05, 4.69) is 27.8 Å². The largest absolute Gasteiger partial charge is 0.478 e. The van der Waals surface area contributed by atoms with Gasteiger partial charge in [0.05, 0.1) is 28.8 Å². The Morgan fingerprint density at radius 1 is 0.980 bits per heavy atom. The minimum atomic E-state index is -4.43. The number of ether oxygens (including phenoxy) is 1. The number of benzene rings is 2. The molecule has 2 aromatic carbocycles. The van der Waals surface area contributed by atoms with Gasteiger partial charge in [-0.05, 0) is 68.6 Å². The molecule has 0 saturated carbocycles. The van der Waals surface area contributed by atoms with Crippen molar-refractivity contribution in [3.63, 3.8) is 0 Å². The molecule has 0 N–H and O–H groups in total. The zero-order chi connectivity index (χ0) is 34.8. The maximum Gasteiger partial charge on any atom is 0.270 e. The topological polar surface area (TPSA) is 127 Å². The molecule has 1 atom stereocenters. The Bertz CT molecular complexity index is 1850. The molecule has 2 saturated heterocycles. The van der Waals surface area contributed by atoms with Gasteiger partial charge in [-0.25, -0.2) is 17.7 Å². The number of hydrogen-bond donors (Lipinski definition) is 0. The first-order valence-electron chi connectivity index (χ1n) is 17.2.